The van der Waals surface area contributed by atoms with Gasteiger partial charge in [0, 0.05) is 5.69 Å². The molecule has 2 aromatic carbocycles. The van der Waals surface area contributed by atoms with E-state index in [0.29, 0.717) is 5.75 Å². The van der Waals surface area contributed by atoms with Crippen molar-refractivity contribution in [1.82, 2.24) is 0 Å². The van der Waals surface area contributed by atoms with Crippen LogP contribution < -0.4 is 5.32 Å². The van der Waals surface area contributed by atoms with E-state index in [1.807, 2.05) is 43.3 Å². The summed E-state index contributed by atoms with van der Waals surface area (Å²) in [6.07, 6.45) is 0.278. The van der Waals surface area contributed by atoms with Gasteiger partial charge < -0.3 is 10.4 Å². The number of amides is 1. The van der Waals surface area contributed by atoms with E-state index >= 15 is 0 Å². The van der Waals surface area contributed by atoms with Crippen LogP contribution in [-0.2, 0) is 22.0 Å². The minimum atomic E-state index is -0.201. The lowest BCUT2D eigenvalue weighted by Crippen LogP contribution is -2.20. The molecule has 1 amide bonds. The maximum absolute atomic E-state index is 12.5. The Hall–Kier alpha value is -2.29. The van der Waals surface area contributed by atoms with Gasteiger partial charge in [0.25, 0.3) is 0 Å². The predicted molar refractivity (Wildman–Crippen MR) is 109 cm³/mol. The fraction of sp³-hybridized carbons (Fsp3) is 0.435. The molecule has 2 N–H and O–H groups in total. The van der Waals surface area contributed by atoms with Gasteiger partial charge in [-0.3, -0.25) is 4.79 Å². The Morgan fingerprint density at radius 3 is 1.81 bits per heavy atom. The number of hydrogen-bond acceptors (Lipinski definition) is 2. The highest BCUT2D eigenvalue weighted by Gasteiger charge is 2.26. The van der Waals surface area contributed by atoms with E-state index in [1.54, 1.807) is 0 Å². The number of phenolic OH excluding ortho intramolecular Hbond substituents is 1. The highest BCUT2D eigenvalue weighted by atomic mass is 16.3. The van der Waals surface area contributed by atoms with Gasteiger partial charge in [-0.25, -0.2) is 0 Å². The first kappa shape index (κ1) is 20.0. The molecular formula is C23H31NO2. The maximum atomic E-state index is 12.5. The Morgan fingerprint density at radius 1 is 0.923 bits per heavy atom. The molecule has 0 aliphatic heterocycles. The number of aromatic hydroxyl groups is 1. The molecule has 140 valence electrons. The van der Waals surface area contributed by atoms with E-state index in [-0.39, 0.29) is 23.2 Å². The highest BCUT2D eigenvalue weighted by Crippen LogP contribution is 2.39. The minimum absolute atomic E-state index is 0.0562. The number of anilines is 1. The number of aryl methyl sites for hydroxylation is 1. The predicted octanol–water partition coefficient (Wildman–Crippen LogP) is 5.48. The normalized spacial score (nSPS) is 12.1. The van der Waals surface area contributed by atoms with Crippen molar-refractivity contribution in [1.29, 1.82) is 0 Å². The number of benzene rings is 2. The SMILES string of the molecule is Cc1ccc(NC(=O)Cc2cc(C(C)(C)C)c(O)c(C(C)(C)C)c2)cc1. The molecule has 3 nitrogen and oxygen atoms in total. The van der Waals surface area contributed by atoms with Gasteiger partial charge in [0.15, 0.2) is 0 Å². The Bertz CT molecular complexity index is 755. The van der Waals surface area contributed by atoms with Crippen LogP contribution in [0, 0.1) is 6.92 Å². The largest absolute Gasteiger partial charge is 0.507 e. The summed E-state index contributed by atoms with van der Waals surface area (Å²) in [5.74, 6) is 0.284. The zero-order valence-corrected chi connectivity index (χ0v) is 17.0. The summed E-state index contributed by atoms with van der Waals surface area (Å²) in [5.41, 5.74) is 4.23. The molecular weight excluding hydrogens is 322 g/mol. The standard InChI is InChI=1S/C23H31NO2/c1-15-8-10-17(11-9-15)24-20(25)14-16-12-18(22(2,3)4)21(26)19(13-16)23(5,6)7/h8-13,26H,14H2,1-7H3,(H,24,25). The van der Waals surface area contributed by atoms with Gasteiger partial charge >= 0.3 is 0 Å². The smallest absolute Gasteiger partial charge is 0.228 e. The van der Waals surface area contributed by atoms with Crippen LogP contribution >= 0.6 is 0 Å². The number of hydrogen-bond donors (Lipinski definition) is 2. The average molecular weight is 354 g/mol. The third-order valence-electron chi connectivity index (χ3n) is 4.49. The first-order valence-electron chi connectivity index (χ1n) is 9.11. The molecule has 0 fully saturated rings. The zero-order valence-electron chi connectivity index (χ0n) is 17.0. The highest BCUT2D eigenvalue weighted by molar-refractivity contribution is 5.92. The average Bonchev–Trinajstić information content (AvgIpc) is 2.49. The zero-order chi connectivity index (χ0) is 19.7. The van der Waals surface area contributed by atoms with Crippen LogP contribution in [-0.4, -0.2) is 11.0 Å². The molecule has 0 saturated heterocycles. The van der Waals surface area contributed by atoms with E-state index < -0.39 is 0 Å². The van der Waals surface area contributed by atoms with Gasteiger partial charge in [0.05, 0.1) is 6.42 Å². The summed E-state index contributed by atoms with van der Waals surface area (Å²) in [6.45, 7) is 14.5. The van der Waals surface area contributed by atoms with E-state index in [1.165, 1.54) is 0 Å². The summed E-state index contributed by atoms with van der Waals surface area (Å²) in [4.78, 5) is 12.5. The van der Waals surface area contributed by atoms with Gasteiger partial charge in [-0.15, -0.1) is 0 Å². The monoisotopic (exact) mass is 353 g/mol. The van der Waals surface area contributed by atoms with Crippen LogP contribution in [0.2, 0.25) is 0 Å². The van der Waals surface area contributed by atoms with Crippen molar-refractivity contribution in [3.05, 3.63) is 58.7 Å². The van der Waals surface area contributed by atoms with Crippen molar-refractivity contribution in [2.24, 2.45) is 0 Å². The third-order valence-corrected chi connectivity index (χ3v) is 4.49. The summed E-state index contributed by atoms with van der Waals surface area (Å²) in [6, 6.07) is 11.7. The van der Waals surface area contributed by atoms with Gasteiger partial charge in [-0.1, -0.05) is 71.4 Å². The molecule has 0 atom stereocenters. The molecule has 2 rings (SSSR count). The van der Waals surface area contributed by atoms with Gasteiger partial charge in [0.1, 0.15) is 5.75 Å². The molecule has 0 aromatic heterocycles. The van der Waals surface area contributed by atoms with Crippen LogP contribution in [0.3, 0.4) is 0 Å². The molecule has 0 aliphatic carbocycles. The molecule has 0 bridgehead atoms. The van der Waals surface area contributed by atoms with Crippen LogP contribution in [0.15, 0.2) is 36.4 Å². The van der Waals surface area contributed by atoms with Crippen molar-refractivity contribution < 1.29 is 9.90 Å². The Balaban J connectivity index is 2.33. The first-order chi connectivity index (χ1) is 11.9. The van der Waals surface area contributed by atoms with Gasteiger partial charge in [0.2, 0.25) is 5.91 Å². The van der Waals surface area contributed by atoms with Crippen molar-refractivity contribution in [3.63, 3.8) is 0 Å². The first-order valence-corrected chi connectivity index (χ1v) is 9.11. The summed E-state index contributed by atoms with van der Waals surface area (Å²) < 4.78 is 0. The van der Waals surface area contributed by atoms with E-state index in [0.717, 1.165) is 27.9 Å². The van der Waals surface area contributed by atoms with Gasteiger partial charge in [-0.05, 0) is 46.6 Å². The summed E-state index contributed by atoms with van der Waals surface area (Å²) in [7, 11) is 0. The fourth-order valence-corrected chi connectivity index (χ4v) is 2.97. The van der Waals surface area contributed by atoms with E-state index in [9.17, 15) is 9.90 Å². The lowest BCUT2D eigenvalue weighted by molar-refractivity contribution is -0.115. The fourth-order valence-electron chi connectivity index (χ4n) is 2.97. The van der Waals surface area contributed by atoms with Crippen LogP contribution in [0.25, 0.3) is 0 Å². The quantitative estimate of drug-likeness (QED) is 0.768. The summed E-state index contributed by atoms with van der Waals surface area (Å²) in [5, 5.41) is 13.7. The molecule has 3 heteroatoms. The third kappa shape index (κ3) is 4.87. The second kappa shape index (κ2) is 7.14. The molecule has 0 spiro atoms. The van der Waals surface area contributed by atoms with Crippen molar-refractivity contribution in [2.75, 3.05) is 5.32 Å². The van der Waals surface area contributed by atoms with E-state index in [4.69, 9.17) is 0 Å². The molecule has 0 heterocycles. The summed E-state index contributed by atoms with van der Waals surface area (Å²) >= 11 is 0. The topological polar surface area (TPSA) is 49.3 Å². The number of rotatable bonds is 3. The van der Waals surface area contributed by atoms with Gasteiger partial charge in [-0.2, -0.15) is 0 Å². The van der Waals surface area contributed by atoms with Crippen molar-refractivity contribution >= 4 is 11.6 Å². The molecule has 0 aliphatic rings. The molecule has 26 heavy (non-hydrogen) atoms. The van der Waals surface area contributed by atoms with Crippen LogP contribution in [0.1, 0.15) is 63.8 Å². The van der Waals surface area contributed by atoms with Crippen LogP contribution in [0.4, 0.5) is 5.69 Å². The Labute approximate surface area is 157 Å². The number of carbonyl (C=O) groups excluding carboxylic acids is 1. The molecule has 0 radical (unpaired) electrons. The molecule has 2 aromatic rings. The Morgan fingerprint density at radius 2 is 1.38 bits per heavy atom. The lowest BCUT2D eigenvalue weighted by atomic mass is 9.78. The second-order valence-corrected chi connectivity index (χ2v) is 9.13. The number of carbonyl (C=O) groups is 1. The van der Waals surface area contributed by atoms with Crippen molar-refractivity contribution in [2.45, 2.75) is 65.7 Å². The van der Waals surface area contributed by atoms with Crippen molar-refractivity contribution in [3.8, 4) is 5.75 Å². The maximum Gasteiger partial charge on any atom is 0.228 e. The molecule has 0 saturated carbocycles. The minimum Gasteiger partial charge on any atom is -0.507 e. The lowest BCUT2D eigenvalue weighted by Gasteiger charge is -2.28. The van der Waals surface area contributed by atoms with Crippen LogP contribution in [0.5, 0.6) is 5.75 Å². The number of nitrogens with one attached hydrogen (secondary N) is 1. The van der Waals surface area contributed by atoms with E-state index in [2.05, 4.69) is 46.9 Å². The Kier molecular flexibility index (Phi) is 5.50. The molecule has 0 unspecified atom stereocenters. The number of phenols is 1. The second-order valence-electron chi connectivity index (χ2n) is 9.13.